The van der Waals surface area contributed by atoms with Crippen LogP contribution >= 0.6 is 0 Å². The van der Waals surface area contributed by atoms with Crippen LogP contribution in [0, 0.1) is 11.6 Å². The third kappa shape index (κ3) is 4.44. The molecular formula is C20H16F2N2O3. The van der Waals surface area contributed by atoms with Gasteiger partial charge in [-0.2, -0.15) is 0 Å². The third-order valence-corrected chi connectivity index (χ3v) is 3.90. The number of halogens is 2. The van der Waals surface area contributed by atoms with E-state index in [2.05, 4.69) is 10.3 Å². The molecule has 0 unspecified atom stereocenters. The molecular weight excluding hydrogens is 354 g/mol. The molecule has 0 aliphatic carbocycles. The molecule has 3 aromatic rings. The van der Waals surface area contributed by atoms with Crippen molar-refractivity contribution in [1.82, 2.24) is 4.98 Å². The number of aromatic nitrogens is 1. The quantitative estimate of drug-likeness (QED) is 0.653. The number of hydrogen-bond donors (Lipinski definition) is 1. The molecule has 1 amide bonds. The van der Waals surface area contributed by atoms with E-state index in [4.69, 9.17) is 4.42 Å². The number of nitrogens with one attached hydrogen (secondary N) is 1. The van der Waals surface area contributed by atoms with E-state index in [0.717, 1.165) is 12.1 Å². The van der Waals surface area contributed by atoms with Crippen LogP contribution in [0.25, 0.3) is 11.3 Å². The van der Waals surface area contributed by atoms with Gasteiger partial charge in [-0.1, -0.05) is 6.07 Å². The second kappa shape index (κ2) is 7.90. The fraction of sp³-hybridized carbons (Fsp3) is 0.150. The molecule has 138 valence electrons. The lowest BCUT2D eigenvalue weighted by atomic mass is 10.1. The van der Waals surface area contributed by atoms with Gasteiger partial charge in [-0.25, -0.2) is 13.8 Å². The van der Waals surface area contributed by atoms with Gasteiger partial charge in [0.1, 0.15) is 11.6 Å². The predicted octanol–water partition coefficient (Wildman–Crippen LogP) is 4.39. The van der Waals surface area contributed by atoms with Crippen LogP contribution in [0.15, 0.2) is 53.1 Å². The van der Waals surface area contributed by atoms with E-state index in [-0.39, 0.29) is 41.7 Å². The number of anilines is 1. The molecule has 0 aliphatic heterocycles. The van der Waals surface area contributed by atoms with Gasteiger partial charge >= 0.3 is 0 Å². The number of rotatable bonds is 6. The van der Waals surface area contributed by atoms with Gasteiger partial charge in [0.15, 0.2) is 17.4 Å². The van der Waals surface area contributed by atoms with Crippen molar-refractivity contribution in [3.63, 3.8) is 0 Å². The summed E-state index contributed by atoms with van der Waals surface area (Å²) in [4.78, 5) is 27.2. The van der Waals surface area contributed by atoms with Crippen molar-refractivity contribution in [2.45, 2.75) is 19.8 Å². The zero-order chi connectivity index (χ0) is 19.4. The standard InChI is InChI=1S/C20H16F2N2O3/c1-12(25)13-5-7-14(8-6-13)24-18(26)9-10-19-23-11-17(27-19)20-15(21)3-2-4-16(20)22/h2-8,11H,9-10H2,1H3,(H,24,26). The van der Waals surface area contributed by atoms with Gasteiger partial charge in [0.25, 0.3) is 0 Å². The maximum absolute atomic E-state index is 13.8. The zero-order valence-electron chi connectivity index (χ0n) is 14.5. The number of carbonyl (C=O) groups excluding carboxylic acids is 2. The number of aryl methyl sites for hydroxylation is 1. The lowest BCUT2D eigenvalue weighted by Crippen LogP contribution is -2.12. The first-order valence-corrected chi connectivity index (χ1v) is 8.24. The number of Topliss-reactive ketones (excluding diaryl/α,β-unsaturated/α-hetero) is 1. The number of carbonyl (C=O) groups is 2. The number of nitrogens with zero attached hydrogens (tertiary/aromatic N) is 1. The van der Waals surface area contributed by atoms with E-state index in [1.165, 1.54) is 19.2 Å². The van der Waals surface area contributed by atoms with Crippen molar-refractivity contribution < 1.29 is 22.8 Å². The number of amides is 1. The van der Waals surface area contributed by atoms with Crippen LogP contribution < -0.4 is 5.32 Å². The van der Waals surface area contributed by atoms with Gasteiger partial charge in [-0.3, -0.25) is 9.59 Å². The molecule has 0 aliphatic rings. The summed E-state index contributed by atoms with van der Waals surface area (Å²) in [6.45, 7) is 1.46. The van der Waals surface area contributed by atoms with Crippen molar-refractivity contribution in [3.8, 4) is 11.3 Å². The van der Waals surface area contributed by atoms with Crippen molar-refractivity contribution >= 4 is 17.4 Å². The van der Waals surface area contributed by atoms with E-state index in [1.807, 2.05) is 0 Å². The highest BCUT2D eigenvalue weighted by molar-refractivity contribution is 5.95. The zero-order valence-corrected chi connectivity index (χ0v) is 14.5. The maximum Gasteiger partial charge on any atom is 0.224 e. The molecule has 27 heavy (non-hydrogen) atoms. The molecule has 0 saturated carbocycles. The Bertz CT molecular complexity index is 961. The Morgan fingerprint density at radius 3 is 2.37 bits per heavy atom. The Balaban J connectivity index is 1.60. The highest BCUT2D eigenvalue weighted by Crippen LogP contribution is 2.26. The largest absolute Gasteiger partial charge is 0.441 e. The van der Waals surface area contributed by atoms with Crippen LogP contribution in [-0.4, -0.2) is 16.7 Å². The summed E-state index contributed by atoms with van der Waals surface area (Å²) in [6.07, 6.45) is 1.48. The first-order valence-electron chi connectivity index (χ1n) is 8.24. The lowest BCUT2D eigenvalue weighted by molar-refractivity contribution is -0.116. The SMILES string of the molecule is CC(=O)c1ccc(NC(=O)CCc2ncc(-c3c(F)cccc3F)o2)cc1. The molecule has 0 radical (unpaired) electrons. The highest BCUT2D eigenvalue weighted by Gasteiger charge is 2.16. The minimum Gasteiger partial charge on any atom is -0.441 e. The van der Waals surface area contributed by atoms with E-state index >= 15 is 0 Å². The predicted molar refractivity (Wildman–Crippen MR) is 95.3 cm³/mol. The summed E-state index contributed by atoms with van der Waals surface area (Å²) in [7, 11) is 0. The molecule has 0 atom stereocenters. The number of benzene rings is 2. The maximum atomic E-state index is 13.8. The number of hydrogen-bond acceptors (Lipinski definition) is 4. The second-order valence-corrected chi connectivity index (χ2v) is 5.90. The first kappa shape index (κ1) is 18.4. The van der Waals surface area contributed by atoms with Crippen LogP contribution in [0.2, 0.25) is 0 Å². The summed E-state index contributed by atoms with van der Waals surface area (Å²) < 4.78 is 32.9. The minimum atomic E-state index is -0.746. The number of oxazole rings is 1. The van der Waals surface area contributed by atoms with Crippen LogP contribution in [0.5, 0.6) is 0 Å². The van der Waals surface area contributed by atoms with Gasteiger partial charge in [0.2, 0.25) is 5.91 Å². The summed E-state index contributed by atoms with van der Waals surface area (Å²) in [6, 6.07) is 10.1. The molecule has 0 spiro atoms. The van der Waals surface area contributed by atoms with Gasteiger partial charge in [-0.05, 0) is 43.3 Å². The van der Waals surface area contributed by atoms with Gasteiger partial charge < -0.3 is 9.73 Å². The van der Waals surface area contributed by atoms with Gasteiger partial charge in [0.05, 0.1) is 11.8 Å². The highest BCUT2D eigenvalue weighted by atomic mass is 19.1. The van der Waals surface area contributed by atoms with E-state index in [0.29, 0.717) is 11.3 Å². The molecule has 1 heterocycles. The Morgan fingerprint density at radius 2 is 1.74 bits per heavy atom. The van der Waals surface area contributed by atoms with Crippen molar-refractivity contribution in [1.29, 1.82) is 0 Å². The molecule has 1 aromatic heterocycles. The summed E-state index contributed by atoms with van der Waals surface area (Å²) in [5.41, 5.74) is 0.832. The molecule has 3 rings (SSSR count). The topological polar surface area (TPSA) is 72.2 Å². The first-order chi connectivity index (χ1) is 12.9. The van der Waals surface area contributed by atoms with Crippen LogP contribution in [-0.2, 0) is 11.2 Å². The Labute approximate surface area is 154 Å². The minimum absolute atomic E-state index is 0.0270. The smallest absolute Gasteiger partial charge is 0.224 e. The Kier molecular flexibility index (Phi) is 5.40. The Morgan fingerprint density at radius 1 is 1.07 bits per heavy atom. The normalized spacial score (nSPS) is 10.6. The molecule has 0 fully saturated rings. The van der Waals surface area contributed by atoms with Crippen LogP contribution in [0.4, 0.5) is 14.5 Å². The fourth-order valence-corrected chi connectivity index (χ4v) is 2.51. The second-order valence-electron chi connectivity index (χ2n) is 5.90. The van der Waals surface area contributed by atoms with Crippen LogP contribution in [0.3, 0.4) is 0 Å². The number of ketones is 1. The fourth-order valence-electron chi connectivity index (χ4n) is 2.51. The average molecular weight is 370 g/mol. The summed E-state index contributed by atoms with van der Waals surface area (Å²) in [5.74, 6) is -1.65. The van der Waals surface area contributed by atoms with E-state index < -0.39 is 11.6 Å². The third-order valence-electron chi connectivity index (χ3n) is 3.90. The van der Waals surface area contributed by atoms with Gasteiger partial charge in [-0.15, -0.1) is 0 Å². The van der Waals surface area contributed by atoms with Crippen LogP contribution in [0.1, 0.15) is 29.6 Å². The summed E-state index contributed by atoms with van der Waals surface area (Å²) in [5, 5.41) is 2.70. The Hall–Kier alpha value is -3.35. The lowest BCUT2D eigenvalue weighted by Gasteiger charge is -2.05. The molecule has 7 heteroatoms. The van der Waals surface area contributed by atoms with E-state index in [1.54, 1.807) is 24.3 Å². The molecule has 1 N–H and O–H groups in total. The van der Waals surface area contributed by atoms with Gasteiger partial charge in [0, 0.05) is 24.1 Å². The van der Waals surface area contributed by atoms with Crippen molar-refractivity contribution in [2.24, 2.45) is 0 Å². The molecule has 0 bridgehead atoms. The summed E-state index contributed by atoms with van der Waals surface area (Å²) >= 11 is 0. The molecule has 2 aromatic carbocycles. The van der Waals surface area contributed by atoms with E-state index in [9.17, 15) is 18.4 Å². The molecule has 0 saturated heterocycles. The average Bonchev–Trinajstić information content (AvgIpc) is 3.09. The van der Waals surface area contributed by atoms with Crippen molar-refractivity contribution in [2.75, 3.05) is 5.32 Å². The monoisotopic (exact) mass is 370 g/mol. The molecule has 5 nitrogen and oxygen atoms in total. The van der Waals surface area contributed by atoms with Crippen molar-refractivity contribution in [3.05, 3.63) is 71.8 Å².